The Balaban J connectivity index is 0. The van der Waals surface area contributed by atoms with Gasteiger partial charge in [-0.15, -0.1) is 0 Å². The van der Waals surface area contributed by atoms with Crippen molar-refractivity contribution in [2.45, 2.75) is 90.4 Å². The van der Waals surface area contributed by atoms with Gasteiger partial charge in [0.25, 0.3) is 0 Å². The molecule has 1 radical (unpaired) electrons. The summed E-state index contributed by atoms with van der Waals surface area (Å²) in [7, 11) is 0. The van der Waals surface area contributed by atoms with Crippen molar-refractivity contribution in [1.82, 2.24) is 5.32 Å². The van der Waals surface area contributed by atoms with Gasteiger partial charge in [0.15, 0.2) is 0 Å². The fraction of sp³-hybridized carbons (Fsp3) is 0.941. The van der Waals surface area contributed by atoms with Crippen LogP contribution in [0.3, 0.4) is 0 Å². The van der Waals surface area contributed by atoms with Crippen molar-refractivity contribution in [3.63, 3.8) is 0 Å². The van der Waals surface area contributed by atoms with Crippen molar-refractivity contribution in [2.24, 2.45) is 0 Å². The fourth-order valence-corrected chi connectivity index (χ4v) is 2.41. The van der Waals surface area contributed by atoms with Gasteiger partial charge in [-0.25, -0.2) is 0 Å². The first kappa shape index (κ1) is 24.3. The third-order valence-electron chi connectivity index (χ3n) is 3.72. The number of aliphatic carboxylic acids is 1. The second-order valence-corrected chi connectivity index (χ2v) is 5.78. The van der Waals surface area contributed by atoms with Crippen LogP contribution in [0.1, 0.15) is 90.4 Å². The van der Waals surface area contributed by atoms with Crippen molar-refractivity contribution in [3.05, 3.63) is 0 Å². The van der Waals surface area contributed by atoms with E-state index in [1.165, 1.54) is 77.0 Å². The summed E-state index contributed by atoms with van der Waals surface area (Å²) in [4.78, 5) is 10.3. The largest absolute Gasteiger partial charge is 0.481 e. The minimum absolute atomic E-state index is 0. The standard InChI is InChI=1S/C17H35NO2.K/c1-2-3-4-5-6-7-8-9-10-11-12-13-15-18-16-14-17(19)20;/h18H,2-16H2,1H3,(H,19,20);. The first-order chi connectivity index (χ1) is 9.77. The Bertz CT molecular complexity index is 213. The average Bonchev–Trinajstić information content (AvgIpc) is 2.43. The average molecular weight is 325 g/mol. The molecule has 0 aliphatic heterocycles. The number of unbranched alkanes of at least 4 members (excludes halogenated alkanes) is 11. The maximum Gasteiger partial charge on any atom is 0.304 e. The van der Waals surface area contributed by atoms with Crippen LogP contribution in [0.5, 0.6) is 0 Å². The number of carboxylic acid groups (broad SMARTS) is 1. The number of nitrogens with one attached hydrogen (secondary N) is 1. The summed E-state index contributed by atoms with van der Waals surface area (Å²) in [5.41, 5.74) is 0. The Kier molecular flexibility index (Phi) is 24.4. The minimum atomic E-state index is -0.716. The van der Waals surface area contributed by atoms with E-state index in [9.17, 15) is 4.79 Å². The molecule has 0 aromatic rings. The van der Waals surface area contributed by atoms with Crippen molar-refractivity contribution in [1.29, 1.82) is 0 Å². The topological polar surface area (TPSA) is 49.3 Å². The molecule has 0 fully saturated rings. The Hall–Kier alpha value is 1.07. The van der Waals surface area contributed by atoms with Gasteiger partial charge >= 0.3 is 5.97 Å². The number of hydrogen-bond donors (Lipinski definition) is 2. The van der Waals surface area contributed by atoms with Gasteiger partial charge in [-0.05, 0) is 13.0 Å². The molecule has 3 nitrogen and oxygen atoms in total. The summed E-state index contributed by atoms with van der Waals surface area (Å²) in [5.74, 6) is -0.716. The van der Waals surface area contributed by atoms with E-state index in [2.05, 4.69) is 12.2 Å². The predicted molar refractivity (Wildman–Crippen MR) is 92.0 cm³/mol. The molecule has 0 saturated heterocycles. The molecule has 0 amide bonds. The van der Waals surface area contributed by atoms with Gasteiger partial charge in [0, 0.05) is 57.9 Å². The van der Waals surface area contributed by atoms with Gasteiger partial charge in [-0.1, -0.05) is 77.6 Å². The Morgan fingerprint density at radius 2 is 1.19 bits per heavy atom. The zero-order valence-corrected chi connectivity index (χ0v) is 17.6. The number of carbonyl (C=O) groups is 1. The molecule has 0 atom stereocenters. The first-order valence-electron chi connectivity index (χ1n) is 8.70. The molecule has 0 heterocycles. The van der Waals surface area contributed by atoms with Crippen LogP contribution < -0.4 is 5.32 Å². The van der Waals surface area contributed by atoms with Crippen molar-refractivity contribution < 1.29 is 9.90 Å². The van der Waals surface area contributed by atoms with E-state index >= 15 is 0 Å². The maximum atomic E-state index is 10.3. The van der Waals surface area contributed by atoms with Crippen LogP contribution in [-0.4, -0.2) is 75.5 Å². The SMILES string of the molecule is CCCCCCCCCCCCCCNCCC(=O)O.[K]. The minimum Gasteiger partial charge on any atom is -0.481 e. The van der Waals surface area contributed by atoms with E-state index in [1.54, 1.807) is 0 Å². The van der Waals surface area contributed by atoms with Gasteiger partial charge in [-0.3, -0.25) is 4.79 Å². The van der Waals surface area contributed by atoms with Crippen LogP contribution in [0.25, 0.3) is 0 Å². The monoisotopic (exact) mass is 324 g/mol. The van der Waals surface area contributed by atoms with Crippen molar-refractivity contribution >= 4 is 57.4 Å². The van der Waals surface area contributed by atoms with Crippen LogP contribution >= 0.6 is 0 Å². The molecule has 0 aromatic carbocycles. The molecule has 2 N–H and O–H groups in total. The second-order valence-electron chi connectivity index (χ2n) is 5.78. The molecule has 0 unspecified atom stereocenters. The number of hydrogen-bond acceptors (Lipinski definition) is 2. The van der Waals surface area contributed by atoms with E-state index < -0.39 is 5.97 Å². The summed E-state index contributed by atoms with van der Waals surface area (Å²) < 4.78 is 0. The Labute approximate surface area is 174 Å². The molecule has 4 heteroatoms. The van der Waals surface area contributed by atoms with Crippen LogP contribution in [0.4, 0.5) is 0 Å². The van der Waals surface area contributed by atoms with Gasteiger partial charge in [0.1, 0.15) is 0 Å². The summed E-state index contributed by atoms with van der Waals surface area (Å²) >= 11 is 0. The normalized spacial score (nSPS) is 10.3. The molecule has 0 aliphatic rings. The Morgan fingerprint density at radius 1 is 0.762 bits per heavy atom. The number of rotatable bonds is 16. The molecule has 0 aliphatic carbocycles. The molecular weight excluding hydrogens is 289 g/mol. The maximum absolute atomic E-state index is 10.3. The van der Waals surface area contributed by atoms with E-state index in [0.29, 0.717) is 6.54 Å². The van der Waals surface area contributed by atoms with Gasteiger partial charge < -0.3 is 10.4 Å². The van der Waals surface area contributed by atoms with Crippen LogP contribution in [-0.2, 0) is 4.79 Å². The zero-order valence-electron chi connectivity index (χ0n) is 14.5. The molecule has 0 aromatic heterocycles. The fourth-order valence-electron chi connectivity index (χ4n) is 2.41. The molecule has 0 bridgehead atoms. The summed E-state index contributed by atoms with van der Waals surface area (Å²) in [6.07, 6.45) is 16.6. The molecular formula is C17H35KNO2. The molecule has 0 saturated carbocycles. The zero-order chi connectivity index (χ0) is 14.9. The van der Waals surface area contributed by atoms with E-state index in [-0.39, 0.29) is 57.8 Å². The molecule has 121 valence electrons. The smallest absolute Gasteiger partial charge is 0.304 e. The van der Waals surface area contributed by atoms with Gasteiger partial charge in [0.2, 0.25) is 0 Å². The summed E-state index contributed by atoms with van der Waals surface area (Å²) in [6.45, 7) is 3.83. The second kappa shape index (κ2) is 21.1. The first-order valence-corrected chi connectivity index (χ1v) is 8.70. The van der Waals surface area contributed by atoms with Crippen LogP contribution in [0.15, 0.2) is 0 Å². The predicted octanol–water partition coefficient (Wildman–Crippen LogP) is 4.37. The third kappa shape index (κ3) is 23.5. The Morgan fingerprint density at radius 3 is 1.62 bits per heavy atom. The van der Waals surface area contributed by atoms with Crippen LogP contribution in [0.2, 0.25) is 0 Å². The molecule has 0 spiro atoms. The summed E-state index contributed by atoms with van der Waals surface area (Å²) in [6, 6.07) is 0. The van der Waals surface area contributed by atoms with Gasteiger partial charge in [0.05, 0.1) is 6.42 Å². The summed E-state index contributed by atoms with van der Waals surface area (Å²) in [5, 5.41) is 11.6. The van der Waals surface area contributed by atoms with E-state index in [4.69, 9.17) is 5.11 Å². The molecule has 0 rings (SSSR count). The van der Waals surface area contributed by atoms with Crippen LogP contribution in [0, 0.1) is 0 Å². The third-order valence-corrected chi connectivity index (χ3v) is 3.72. The molecule has 21 heavy (non-hydrogen) atoms. The van der Waals surface area contributed by atoms with Crippen molar-refractivity contribution in [2.75, 3.05) is 13.1 Å². The quantitative estimate of drug-likeness (QED) is 0.327. The van der Waals surface area contributed by atoms with Crippen molar-refractivity contribution in [3.8, 4) is 0 Å². The van der Waals surface area contributed by atoms with Gasteiger partial charge in [-0.2, -0.15) is 0 Å². The van der Waals surface area contributed by atoms with E-state index in [0.717, 1.165) is 6.54 Å². The number of carboxylic acids is 1. The van der Waals surface area contributed by atoms with E-state index in [1.807, 2.05) is 0 Å².